The van der Waals surface area contributed by atoms with Crippen LogP contribution in [0.3, 0.4) is 0 Å². The predicted molar refractivity (Wildman–Crippen MR) is 73.1 cm³/mol. The number of fused-ring (bicyclic) bond motifs is 2. The van der Waals surface area contributed by atoms with Gasteiger partial charge in [0.2, 0.25) is 0 Å². The first kappa shape index (κ1) is 12.5. The molecule has 4 atom stereocenters. The van der Waals surface area contributed by atoms with E-state index in [2.05, 4.69) is 12.2 Å². The molecule has 3 heteroatoms. The van der Waals surface area contributed by atoms with E-state index in [4.69, 9.17) is 5.26 Å². The summed E-state index contributed by atoms with van der Waals surface area (Å²) in [7, 11) is 0. The molecule has 2 aliphatic rings. The molecule has 0 aromatic heterocycles. The molecule has 4 unspecified atom stereocenters. The molecular weight excluding hydrogens is 239 g/mol. The van der Waals surface area contributed by atoms with Crippen molar-refractivity contribution in [3.8, 4) is 6.07 Å². The third-order valence-electron chi connectivity index (χ3n) is 4.86. The van der Waals surface area contributed by atoms with E-state index < -0.39 is 0 Å². The number of nitriles is 1. The van der Waals surface area contributed by atoms with E-state index in [9.17, 15) is 4.39 Å². The van der Waals surface area contributed by atoms with Crippen LogP contribution in [0.2, 0.25) is 0 Å². The summed E-state index contributed by atoms with van der Waals surface area (Å²) < 4.78 is 13.4. The molecule has 3 rings (SSSR count). The van der Waals surface area contributed by atoms with Crippen molar-refractivity contribution in [1.82, 2.24) is 0 Å². The third kappa shape index (κ3) is 2.45. The highest BCUT2D eigenvalue weighted by Crippen LogP contribution is 2.49. The number of hydrogen-bond acceptors (Lipinski definition) is 2. The maximum absolute atomic E-state index is 13.4. The Morgan fingerprint density at radius 2 is 2.16 bits per heavy atom. The van der Waals surface area contributed by atoms with Gasteiger partial charge in [0.25, 0.3) is 0 Å². The van der Waals surface area contributed by atoms with Gasteiger partial charge in [-0.15, -0.1) is 0 Å². The van der Waals surface area contributed by atoms with Crippen LogP contribution in [0.15, 0.2) is 18.2 Å². The lowest BCUT2D eigenvalue weighted by molar-refractivity contribution is 0.304. The topological polar surface area (TPSA) is 35.8 Å². The minimum Gasteiger partial charge on any atom is -0.382 e. The van der Waals surface area contributed by atoms with Crippen LogP contribution in [-0.2, 0) is 0 Å². The zero-order valence-electron chi connectivity index (χ0n) is 11.2. The molecule has 0 aliphatic heterocycles. The SMILES string of the molecule is CC(Nc1cc(F)cc(C#N)c1)C1CC2CCC1C2. The molecule has 0 amide bonds. The Bertz CT molecular complexity index is 520. The van der Waals surface area contributed by atoms with Gasteiger partial charge in [0.15, 0.2) is 0 Å². The number of nitrogens with zero attached hydrogens (tertiary/aromatic N) is 1. The first-order chi connectivity index (χ1) is 9.15. The largest absolute Gasteiger partial charge is 0.382 e. The van der Waals surface area contributed by atoms with E-state index in [1.807, 2.05) is 6.07 Å². The van der Waals surface area contributed by atoms with Gasteiger partial charge in [-0.25, -0.2) is 4.39 Å². The molecule has 0 saturated heterocycles. The summed E-state index contributed by atoms with van der Waals surface area (Å²) in [5, 5.41) is 12.3. The van der Waals surface area contributed by atoms with Gasteiger partial charge in [-0.1, -0.05) is 6.42 Å². The summed E-state index contributed by atoms with van der Waals surface area (Å²) in [5.74, 6) is 2.12. The molecule has 1 aromatic carbocycles. The molecule has 1 aromatic rings. The minimum absolute atomic E-state index is 0.346. The van der Waals surface area contributed by atoms with Crippen LogP contribution < -0.4 is 5.32 Å². The van der Waals surface area contributed by atoms with Crippen molar-refractivity contribution in [3.63, 3.8) is 0 Å². The predicted octanol–water partition coefficient (Wildman–Crippen LogP) is 3.93. The summed E-state index contributed by atoms with van der Waals surface area (Å²) >= 11 is 0. The number of nitrogens with one attached hydrogen (secondary N) is 1. The molecule has 2 nitrogen and oxygen atoms in total. The molecular formula is C16H19FN2. The van der Waals surface area contributed by atoms with Crippen molar-refractivity contribution in [2.45, 2.75) is 38.6 Å². The van der Waals surface area contributed by atoms with Gasteiger partial charge in [-0.05, 0) is 62.1 Å². The van der Waals surface area contributed by atoms with Gasteiger partial charge >= 0.3 is 0 Å². The molecule has 100 valence electrons. The first-order valence-corrected chi connectivity index (χ1v) is 7.13. The van der Waals surface area contributed by atoms with Gasteiger partial charge in [-0.3, -0.25) is 0 Å². The van der Waals surface area contributed by atoms with Crippen LogP contribution in [0.4, 0.5) is 10.1 Å². The van der Waals surface area contributed by atoms with Crippen LogP contribution >= 0.6 is 0 Å². The average Bonchev–Trinajstić information content (AvgIpc) is 3.00. The fourth-order valence-corrected chi connectivity index (χ4v) is 4.01. The minimum atomic E-state index is -0.346. The number of rotatable bonds is 3. The van der Waals surface area contributed by atoms with Crippen molar-refractivity contribution in [2.24, 2.45) is 17.8 Å². The lowest BCUT2D eigenvalue weighted by atomic mass is 9.84. The summed E-state index contributed by atoms with van der Waals surface area (Å²) in [6, 6.07) is 6.83. The summed E-state index contributed by atoms with van der Waals surface area (Å²) in [5.41, 5.74) is 1.11. The quantitative estimate of drug-likeness (QED) is 0.891. The molecule has 19 heavy (non-hydrogen) atoms. The first-order valence-electron chi connectivity index (χ1n) is 7.13. The van der Waals surface area contributed by atoms with Gasteiger partial charge < -0.3 is 5.32 Å². The van der Waals surface area contributed by atoms with Crippen molar-refractivity contribution in [1.29, 1.82) is 5.26 Å². The lowest BCUT2D eigenvalue weighted by Gasteiger charge is -2.29. The van der Waals surface area contributed by atoms with Crippen molar-refractivity contribution >= 4 is 5.69 Å². The zero-order chi connectivity index (χ0) is 13.4. The second kappa shape index (κ2) is 4.85. The Labute approximate surface area is 113 Å². The Morgan fingerprint density at radius 3 is 2.79 bits per heavy atom. The number of anilines is 1. The fourth-order valence-electron chi connectivity index (χ4n) is 4.01. The van der Waals surface area contributed by atoms with Gasteiger partial charge in [-0.2, -0.15) is 5.26 Å². The molecule has 2 saturated carbocycles. The molecule has 2 fully saturated rings. The molecule has 2 aliphatic carbocycles. The van der Waals surface area contributed by atoms with E-state index >= 15 is 0 Å². The summed E-state index contributed by atoms with van der Waals surface area (Å²) in [6.07, 6.45) is 5.43. The van der Waals surface area contributed by atoms with Crippen molar-refractivity contribution in [3.05, 3.63) is 29.6 Å². The van der Waals surface area contributed by atoms with E-state index in [1.54, 1.807) is 6.07 Å². The Hall–Kier alpha value is -1.56. The summed E-state index contributed by atoms with van der Waals surface area (Å²) in [6.45, 7) is 2.18. The number of halogens is 1. The fraction of sp³-hybridized carbons (Fsp3) is 0.562. The van der Waals surface area contributed by atoms with Crippen molar-refractivity contribution < 1.29 is 4.39 Å². The highest BCUT2D eigenvalue weighted by Gasteiger charge is 2.41. The second-order valence-electron chi connectivity index (χ2n) is 6.11. The van der Waals surface area contributed by atoms with Crippen LogP contribution in [0.25, 0.3) is 0 Å². The highest BCUT2D eigenvalue weighted by atomic mass is 19.1. The Kier molecular flexibility index (Phi) is 3.18. The van der Waals surface area contributed by atoms with Gasteiger partial charge in [0, 0.05) is 11.7 Å². The van der Waals surface area contributed by atoms with Crippen molar-refractivity contribution in [2.75, 3.05) is 5.32 Å². The van der Waals surface area contributed by atoms with Crippen LogP contribution in [-0.4, -0.2) is 6.04 Å². The van der Waals surface area contributed by atoms with Crippen LogP contribution in [0, 0.1) is 34.9 Å². The van der Waals surface area contributed by atoms with E-state index in [-0.39, 0.29) is 5.82 Å². The van der Waals surface area contributed by atoms with E-state index in [1.165, 1.54) is 37.8 Å². The molecule has 2 bridgehead atoms. The van der Waals surface area contributed by atoms with Gasteiger partial charge in [0.05, 0.1) is 11.6 Å². The standard InChI is InChI=1S/C16H19FN2/c1-10(16-7-11-2-3-13(16)4-11)19-15-6-12(9-18)5-14(17)8-15/h5-6,8,10-11,13,16,19H,2-4,7H2,1H3. The monoisotopic (exact) mass is 258 g/mol. The van der Waals surface area contributed by atoms with E-state index in [0.29, 0.717) is 17.5 Å². The molecule has 0 radical (unpaired) electrons. The second-order valence-corrected chi connectivity index (χ2v) is 6.11. The van der Waals surface area contributed by atoms with Crippen LogP contribution in [0.5, 0.6) is 0 Å². The zero-order valence-corrected chi connectivity index (χ0v) is 11.2. The van der Waals surface area contributed by atoms with Gasteiger partial charge in [0.1, 0.15) is 5.82 Å². The molecule has 0 spiro atoms. The normalized spacial score (nSPS) is 30.1. The summed E-state index contributed by atoms with van der Waals surface area (Å²) in [4.78, 5) is 0. The lowest BCUT2D eigenvalue weighted by Crippen LogP contribution is -2.30. The maximum Gasteiger partial charge on any atom is 0.126 e. The molecule has 0 heterocycles. The maximum atomic E-state index is 13.4. The number of hydrogen-bond donors (Lipinski definition) is 1. The Morgan fingerprint density at radius 1 is 1.32 bits per heavy atom. The molecule has 1 N–H and O–H groups in total. The van der Waals surface area contributed by atoms with E-state index in [0.717, 1.165) is 17.5 Å². The number of benzene rings is 1. The smallest absolute Gasteiger partial charge is 0.126 e. The highest BCUT2D eigenvalue weighted by molar-refractivity contribution is 5.50. The third-order valence-corrected chi connectivity index (χ3v) is 4.86. The Balaban J connectivity index is 1.71. The average molecular weight is 258 g/mol. The van der Waals surface area contributed by atoms with Crippen LogP contribution in [0.1, 0.15) is 38.2 Å².